The van der Waals surface area contributed by atoms with E-state index in [0.717, 1.165) is 0 Å². The van der Waals surface area contributed by atoms with Crippen molar-refractivity contribution in [1.29, 1.82) is 0 Å². The predicted octanol–water partition coefficient (Wildman–Crippen LogP) is 3.56. The number of carbonyl (C=O) groups excluding carboxylic acids is 1. The average molecular weight is 385 g/mol. The number of hydrogen-bond acceptors (Lipinski definition) is 6. The van der Waals surface area contributed by atoms with Gasteiger partial charge in [0.25, 0.3) is 5.91 Å². The van der Waals surface area contributed by atoms with Crippen molar-refractivity contribution < 1.29 is 23.2 Å². The molecule has 1 aromatic heterocycles. The van der Waals surface area contributed by atoms with Gasteiger partial charge in [-0.3, -0.25) is 4.79 Å². The Morgan fingerprint density at radius 2 is 1.93 bits per heavy atom. The molecule has 0 aliphatic heterocycles. The molecule has 7 nitrogen and oxygen atoms in total. The van der Waals surface area contributed by atoms with E-state index in [-0.39, 0.29) is 23.9 Å². The minimum Gasteiger partial charge on any atom is -0.493 e. The summed E-state index contributed by atoms with van der Waals surface area (Å²) in [6, 6.07) is 10.8. The Kier molecular flexibility index (Phi) is 5.88. The standard InChI is InChI=1S/C20H20FN3O4/c1-4-24(20(25)14-6-5-7-15(21)10-14)12-18-22-19(23-28-18)13-8-9-16(26-2)17(11-13)27-3/h5-11H,4,12H2,1-3H3. The van der Waals surface area contributed by atoms with Crippen LogP contribution in [-0.4, -0.2) is 41.7 Å². The van der Waals surface area contributed by atoms with Crippen LogP contribution in [0.3, 0.4) is 0 Å². The Morgan fingerprint density at radius 3 is 2.61 bits per heavy atom. The quantitative estimate of drug-likeness (QED) is 0.619. The highest BCUT2D eigenvalue weighted by molar-refractivity contribution is 5.94. The number of amides is 1. The van der Waals surface area contributed by atoms with Gasteiger partial charge in [-0.25, -0.2) is 4.39 Å². The van der Waals surface area contributed by atoms with Crippen LogP contribution >= 0.6 is 0 Å². The van der Waals surface area contributed by atoms with E-state index in [2.05, 4.69) is 10.1 Å². The molecule has 1 amide bonds. The SMILES string of the molecule is CCN(Cc1nc(-c2ccc(OC)c(OC)c2)no1)C(=O)c1cccc(F)c1. The zero-order chi connectivity index (χ0) is 20.1. The highest BCUT2D eigenvalue weighted by Crippen LogP contribution is 2.31. The molecule has 2 aromatic carbocycles. The molecule has 28 heavy (non-hydrogen) atoms. The number of aromatic nitrogens is 2. The van der Waals surface area contributed by atoms with Gasteiger partial charge in [0, 0.05) is 17.7 Å². The molecule has 0 N–H and O–H groups in total. The summed E-state index contributed by atoms with van der Waals surface area (Å²) >= 11 is 0. The molecular formula is C20H20FN3O4. The van der Waals surface area contributed by atoms with E-state index in [9.17, 15) is 9.18 Å². The number of hydrogen-bond donors (Lipinski definition) is 0. The molecule has 0 saturated heterocycles. The Labute approximate surface area is 161 Å². The summed E-state index contributed by atoms with van der Waals surface area (Å²) in [6.45, 7) is 2.35. The van der Waals surface area contributed by atoms with Crippen molar-refractivity contribution in [3.63, 3.8) is 0 Å². The van der Waals surface area contributed by atoms with Gasteiger partial charge in [-0.15, -0.1) is 0 Å². The van der Waals surface area contributed by atoms with E-state index < -0.39 is 5.82 Å². The summed E-state index contributed by atoms with van der Waals surface area (Å²) in [7, 11) is 3.10. The lowest BCUT2D eigenvalue weighted by atomic mass is 10.2. The predicted molar refractivity (Wildman–Crippen MR) is 99.7 cm³/mol. The second-order valence-electron chi connectivity index (χ2n) is 5.91. The Hall–Kier alpha value is -3.42. The first kappa shape index (κ1) is 19.3. The van der Waals surface area contributed by atoms with Crippen LogP contribution in [0, 0.1) is 5.82 Å². The Balaban J connectivity index is 1.78. The number of carbonyl (C=O) groups is 1. The van der Waals surface area contributed by atoms with Crippen molar-refractivity contribution in [2.24, 2.45) is 0 Å². The normalized spacial score (nSPS) is 10.6. The average Bonchev–Trinajstić information content (AvgIpc) is 3.19. The zero-order valence-electron chi connectivity index (χ0n) is 15.8. The van der Waals surface area contributed by atoms with E-state index in [0.29, 0.717) is 29.4 Å². The van der Waals surface area contributed by atoms with E-state index >= 15 is 0 Å². The third-order valence-corrected chi connectivity index (χ3v) is 4.18. The van der Waals surface area contributed by atoms with Gasteiger partial charge < -0.3 is 18.9 Å². The number of nitrogens with zero attached hydrogens (tertiary/aromatic N) is 3. The maximum atomic E-state index is 13.4. The number of methoxy groups -OCH3 is 2. The van der Waals surface area contributed by atoms with E-state index in [1.807, 2.05) is 6.92 Å². The molecule has 3 aromatic rings. The molecule has 0 fully saturated rings. The monoisotopic (exact) mass is 385 g/mol. The first-order chi connectivity index (χ1) is 13.5. The van der Waals surface area contributed by atoms with Gasteiger partial charge in [-0.1, -0.05) is 11.2 Å². The summed E-state index contributed by atoms with van der Waals surface area (Å²) < 4.78 is 29.2. The van der Waals surface area contributed by atoms with Crippen LogP contribution in [0.1, 0.15) is 23.2 Å². The summed E-state index contributed by atoms with van der Waals surface area (Å²) in [5, 5.41) is 3.97. The lowest BCUT2D eigenvalue weighted by Gasteiger charge is -2.18. The molecule has 1 heterocycles. The Bertz CT molecular complexity index is 974. The Morgan fingerprint density at radius 1 is 1.14 bits per heavy atom. The number of halogens is 1. The van der Waals surface area contributed by atoms with Gasteiger partial charge >= 0.3 is 0 Å². The maximum Gasteiger partial charge on any atom is 0.254 e. The van der Waals surface area contributed by atoms with E-state index in [4.69, 9.17) is 14.0 Å². The van der Waals surface area contributed by atoms with E-state index in [1.54, 1.807) is 38.5 Å². The fourth-order valence-electron chi connectivity index (χ4n) is 2.71. The van der Waals surface area contributed by atoms with Crippen molar-refractivity contribution in [2.75, 3.05) is 20.8 Å². The maximum absolute atomic E-state index is 13.4. The smallest absolute Gasteiger partial charge is 0.254 e. The van der Waals surface area contributed by atoms with Crippen molar-refractivity contribution in [1.82, 2.24) is 15.0 Å². The van der Waals surface area contributed by atoms with Gasteiger partial charge in [0.2, 0.25) is 11.7 Å². The van der Waals surface area contributed by atoms with E-state index in [1.165, 1.54) is 23.1 Å². The molecular weight excluding hydrogens is 365 g/mol. The van der Waals surface area contributed by atoms with Crippen LogP contribution in [0.5, 0.6) is 11.5 Å². The fraction of sp³-hybridized carbons (Fsp3) is 0.250. The first-order valence-electron chi connectivity index (χ1n) is 8.65. The van der Waals surface area contributed by atoms with Crippen molar-refractivity contribution in [3.05, 3.63) is 59.7 Å². The second kappa shape index (κ2) is 8.51. The largest absolute Gasteiger partial charge is 0.493 e. The molecule has 146 valence electrons. The minimum atomic E-state index is -0.463. The zero-order valence-corrected chi connectivity index (χ0v) is 15.8. The molecule has 0 unspecified atom stereocenters. The second-order valence-corrected chi connectivity index (χ2v) is 5.91. The third-order valence-electron chi connectivity index (χ3n) is 4.18. The fourth-order valence-corrected chi connectivity index (χ4v) is 2.71. The number of benzene rings is 2. The highest BCUT2D eigenvalue weighted by Gasteiger charge is 2.19. The topological polar surface area (TPSA) is 77.7 Å². The molecule has 0 aliphatic rings. The summed E-state index contributed by atoms with van der Waals surface area (Å²) in [5.41, 5.74) is 0.952. The van der Waals surface area contributed by atoms with Gasteiger partial charge in [0.1, 0.15) is 12.4 Å². The number of rotatable bonds is 7. The first-order valence-corrected chi connectivity index (χ1v) is 8.65. The molecule has 0 spiro atoms. The lowest BCUT2D eigenvalue weighted by molar-refractivity contribution is 0.0734. The van der Waals surface area contributed by atoms with Crippen LogP contribution in [0.4, 0.5) is 4.39 Å². The molecule has 0 bridgehead atoms. The molecule has 0 radical (unpaired) electrons. The van der Waals surface area contributed by atoms with Crippen LogP contribution in [0.25, 0.3) is 11.4 Å². The molecule has 8 heteroatoms. The van der Waals surface area contributed by atoms with Gasteiger partial charge in [-0.2, -0.15) is 4.98 Å². The molecule has 0 atom stereocenters. The summed E-state index contributed by atoms with van der Waals surface area (Å²) in [4.78, 5) is 18.5. The van der Waals surface area contributed by atoms with Crippen LogP contribution < -0.4 is 9.47 Å². The highest BCUT2D eigenvalue weighted by atomic mass is 19.1. The number of ether oxygens (including phenoxy) is 2. The molecule has 0 saturated carbocycles. The van der Waals surface area contributed by atoms with Gasteiger partial charge in [0.15, 0.2) is 11.5 Å². The summed E-state index contributed by atoms with van der Waals surface area (Å²) in [5.74, 6) is 1.00. The van der Waals surface area contributed by atoms with Gasteiger partial charge in [0.05, 0.1) is 14.2 Å². The molecule has 0 aliphatic carbocycles. The van der Waals surface area contributed by atoms with Crippen molar-refractivity contribution in [2.45, 2.75) is 13.5 Å². The van der Waals surface area contributed by atoms with Crippen molar-refractivity contribution in [3.8, 4) is 22.9 Å². The molecule has 3 rings (SSSR count). The lowest BCUT2D eigenvalue weighted by Crippen LogP contribution is -2.30. The van der Waals surface area contributed by atoms with Crippen LogP contribution in [0.2, 0.25) is 0 Å². The van der Waals surface area contributed by atoms with Crippen LogP contribution in [-0.2, 0) is 6.54 Å². The minimum absolute atomic E-state index is 0.117. The van der Waals surface area contributed by atoms with Crippen LogP contribution in [0.15, 0.2) is 47.0 Å². The van der Waals surface area contributed by atoms with Gasteiger partial charge in [-0.05, 0) is 43.3 Å². The third kappa shape index (κ3) is 4.11. The summed E-state index contributed by atoms with van der Waals surface area (Å²) in [6.07, 6.45) is 0. The van der Waals surface area contributed by atoms with Crippen molar-refractivity contribution >= 4 is 5.91 Å².